The highest BCUT2D eigenvalue weighted by Gasteiger charge is 2.14. The summed E-state index contributed by atoms with van der Waals surface area (Å²) >= 11 is 0. The quantitative estimate of drug-likeness (QED) is 0.712. The van der Waals surface area contributed by atoms with Crippen LogP contribution in [0.3, 0.4) is 0 Å². The van der Waals surface area contributed by atoms with Crippen molar-refractivity contribution in [2.75, 3.05) is 5.32 Å². The maximum absolute atomic E-state index is 12.4. The zero-order valence-corrected chi connectivity index (χ0v) is 15.1. The van der Waals surface area contributed by atoms with E-state index in [0.29, 0.717) is 12.1 Å². The third-order valence-electron chi connectivity index (χ3n) is 4.30. The van der Waals surface area contributed by atoms with E-state index < -0.39 is 5.97 Å². The molecule has 0 spiro atoms. The standard InChI is InChI=1S/C19H22N4O3/c1-12-8-13(2)23(21-12)14(3)9-18(24)20-16-4-5-17-15(10-16)6-7-22(17)11-19(25)26/h4-8,10,14H,9,11H2,1-3H3,(H,20,24)(H,25,26). The summed E-state index contributed by atoms with van der Waals surface area (Å²) in [6.45, 7) is 5.79. The van der Waals surface area contributed by atoms with Crippen LogP contribution >= 0.6 is 0 Å². The van der Waals surface area contributed by atoms with Gasteiger partial charge in [0.05, 0.1) is 11.7 Å². The minimum absolute atomic E-state index is 0.0379. The summed E-state index contributed by atoms with van der Waals surface area (Å²) in [5, 5.41) is 17.1. The fourth-order valence-electron chi connectivity index (χ4n) is 3.22. The molecule has 1 atom stereocenters. The SMILES string of the molecule is Cc1cc(C)n(C(C)CC(=O)Nc2ccc3c(ccn3CC(=O)O)c2)n1. The second-order valence-electron chi connectivity index (χ2n) is 6.58. The first-order valence-corrected chi connectivity index (χ1v) is 8.47. The first-order valence-electron chi connectivity index (χ1n) is 8.47. The van der Waals surface area contributed by atoms with Crippen LogP contribution in [0.5, 0.6) is 0 Å². The van der Waals surface area contributed by atoms with Crippen LogP contribution in [0.1, 0.15) is 30.8 Å². The summed E-state index contributed by atoms with van der Waals surface area (Å²) in [7, 11) is 0. The molecule has 3 aromatic rings. The maximum atomic E-state index is 12.4. The Balaban J connectivity index is 1.69. The number of fused-ring (bicyclic) bond motifs is 1. The van der Waals surface area contributed by atoms with Crippen molar-refractivity contribution < 1.29 is 14.7 Å². The van der Waals surface area contributed by atoms with Crippen molar-refractivity contribution in [1.82, 2.24) is 14.3 Å². The number of amides is 1. The van der Waals surface area contributed by atoms with Crippen molar-refractivity contribution in [2.24, 2.45) is 0 Å². The van der Waals surface area contributed by atoms with Crippen LogP contribution in [0, 0.1) is 13.8 Å². The van der Waals surface area contributed by atoms with Gasteiger partial charge in [0.25, 0.3) is 0 Å². The Hall–Kier alpha value is -3.09. The van der Waals surface area contributed by atoms with Crippen molar-refractivity contribution in [3.8, 4) is 0 Å². The number of anilines is 1. The van der Waals surface area contributed by atoms with Crippen LogP contribution < -0.4 is 5.32 Å². The largest absolute Gasteiger partial charge is 0.480 e. The van der Waals surface area contributed by atoms with E-state index in [1.807, 2.05) is 49.7 Å². The van der Waals surface area contributed by atoms with Crippen LogP contribution in [0.15, 0.2) is 36.5 Å². The molecular formula is C19H22N4O3. The highest BCUT2D eigenvalue weighted by atomic mass is 16.4. The molecule has 0 saturated heterocycles. The Morgan fingerprint density at radius 2 is 2.00 bits per heavy atom. The van der Waals surface area contributed by atoms with Gasteiger partial charge in [-0.1, -0.05) is 0 Å². The predicted molar refractivity (Wildman–Crippen MR) is 99.2 cm³/mol. The van der Waals surface area contributed by atoms with Gasteiger partial charge in [0.15, 0.2) is 0 Å². The molecule has 0 aliphatic heterocycles. The van der Waals surface area contributed by atoms with Crippen molar-refractivity contribution in [1.29, 1.82) is 0 Å². The molecule has 0 fully saturated rings. The Labute approximate surface area is 151 Å². The van der Waals surface area contributed by atoms with Gasteiger partial charge >= 0.3 is 5.97 Å². The average Bonchev–Trinajstić information content (AvgIpc) is 3.09. The lowest BCUT2D eigenvalue weighted by molar-refractivity contribution is -0.137. The van der Waals surface area contributed by atoms with Crippen molar-refractivity contribution >= 4 is 28.5 Å². The van der Waals surface area contributed by atoms with Gasteiger partial charge in [0, 0.05) is 34.9 Å². The fourth-order valence-corrected chi connectivity index (χ4v) is 3.22. The number of benzene rings is 1. The number of carbonyl (C=O) groups excluding carboxylic acids is 1. The predicted octanol–water partition coefficient (Wildman–Crippen LogP) is 3.13. The van der Waals surface area contributed by atoms with Gasteiger partial charge in [-0.15, -0.1) is 0 Å². The average molecular weight is 354 g/mol. The van der Waals surface area contributed by atoms with Gasteiger partial charge in [-0.3, -0.25) is 14.3 Å². The number of nitrogens with zero attached hydrogens (tertiary/aromatic N) is 3. The maximum Gasteiger partial charge on any atom is 0.323 e. The van der Waals surface area contributed by atoms with Crippen LogP contribution in [-0.4, -0.2) is 31.3 Å². The summed E-state index contributed by atoms with van der Waals surface area (Å²) in [4.78, 5) is 23.2. The van der Waals surface area contributed by atoms with E-state index in [9.17, 15) is 9.59 Å². The lowest BCUT2D eigenvalue weighted by atomic mass is 10.2. The third kappa shape index (κ3) is 3.77. The molecule has 136 valence electrons. The Kier molecular flexibility index (Phi) is 4.79. The zero-order chi connectivity index (χ0) is 18.8. The molecule has 2 aromatic heterocycles. The van der Waals surface area contributed by atoms with E-state index in [-0.39, 0.29) is 18.5 Å². The van der Waals surface area contributed by atoms with Gasteiger partial charge in [0.1, 0.15) is 6.54 Å². The molecule has 0 saturated carbocycles. The molecule has 1 aromatic carbocycles. The number of aromatic nitrogens is 3. The van der Waals surface area contributed by atoms with E-state index >= 15 is 0 Å². The van der Waals surface area contributed by atoms with Gasteiger partial charge < -0.3 is 15.0 Å². The Morgan fingerprint density at radius 1 is 1.23 bits per heavy atom. The van der Waals surface area contributed by atoms with Crippen LogP contribution in [0.25, 0.3) is 10.9 Å². The topological polar surface area (TPSA) is 89.2 Å². The second kappa shape index (κ2) is 7.03. The van der Waals surface area contributed by atoms with Crippen molar-refractivity contribution in [3.63, 3.8) is 0 Å². The highest BCUT2D eigenvalue weighted by Crippen LogP contribution is 2.22. The molecule has 1 unspecified atom stereocenters. The lowest BCUT2D eigenvalue weighted by Crippen LogP contribution is -2.19. The molecule has 0 aliphatic rings. The minimum Gasteiger partial charge on any atom is -0.480 e. The molecule has 0 radical (unpaired) electrons. The minimum atomic E-state index is -0.891. The Morgan fingerprint density at radius 3 is 2.65 bits per heavy atom. The number of carboxylic acids is 1. The molecule has 2 heterocycles. The van der Waals surface area contributed by atoms with E-state index in [2.05, 4.69) is 10.4 Å². The fraction of sp³-hybridized carbons (Fsp3) is 0.316. The molecule has 1 amide bonds. The third-order valence-corrected chi connectivity index (χ3v) is 4.30. The summed E-state index contributed by atoms with van der Waals surface area (Å²) in [5.74, 6) is -0.979. The van der Waals surface area contributed by atoms with Crippen LogP contribution in [-0.2, 0) is 16.1 Å². The zero-order valence-electron chi connectivity index (χ0n) is 15.1. The summed E-state index contributed by atoms with van der Waals surface area (Å²) < 4.78 is 3.53. The van der Waals surface area contributed by atoms with Gasteiger partial charge in [-0.05, 0) is 51.1 Å². The number of hydrogen-bond donors (Lipinski definition) is 2. The van der Waals surface area contributed by atoms with E-state index in [0.717, 1.165) is 22.3 Å². The van der Waals surface area contributed by atoms with Gasteiger partial charge in [-0.25, -0.2) is 0 Å². The Bertz CT molecular complexity index is 970. The molecule has 7 nitrogen and oxygen atoms in total. The van der Waals surface area contributed by atoms with Crippen molar-refractivity contribution in [3.05, 3.63) is 47.9 Å². The van der Waals surface area contributed by atoms with E-state index in [1.165, 1.54) is 0 Å². The number of aryl methyl sites for hydroxylation is 2. The monoisotopic (exact) mass is 354 g/mol. The lowest BCUT2D eigenvalue weighted by Gasteiger charge is -2.14. The molecule has 0 bridgehead atoms. The highest BCUT2D eigenvalue weighted by molar-refractivity contribution is 5.94. The summed E-state index contributed by atoms with van der Waals surface area (Å²) in [6.07, 6.45) is 2.05. The van der Waals surface area contributed by atoms with Gasteiger partial charge in [-0.2, -0.15) is 5.10 Å². The molecule has 2 N–H and O–H groups in total. The van der Waals surface area contributed by atoms with E-state index in [4.69, 9.17) is 5.11 Å². The smallest absolute Gasteiger partial charge is 0.323 e. The summed E-state index contributed by atoms with van der Waals surface area (Å²) in [6, 6.07) is 9.24. The second-order valence-corrected chi connectivity index (χ2v) is 6.58. The first-order chi connectivity index (χ1) is 12.3. The first kappa shape index (κ1) is 17.7. The number of aliphatic carboxylic acids is 1. The van der Waals surface area contributed by atoms with Crippen LogP contribution in [0.2, 0.25) is 0 Å². The number of carboxylic acid groups (broad SMARTS) is 1. The van der Waals surface area contributed by atoms with Crippen molar-refractivity contribution in [2.45, 2.75) is 39.8 Å². The van der Waals surface area contributed by atoms with Crippen LogP contribution in [0.4, 0.5) is 5.69 Å². The normalized spacial score (nSPS) is 12.3. The number of rotatable bonds is 6. The summed E-state index contributed by atoms with van der Waals surface area (Å²) in [5.41, 5.74) is 3.48. The van der Waals surface area contributed by atoms with E-state index in [1.54, 1.807) is 16.8 Å². The molecular weight excluding hydrogens is 332 g/mol. The molecule has 7 heteroatoms. The number of nitrogens with one attached hydrogen (secondary N) is 1. The molecule has 26 heavy (non-hydrogen) atoms. The number of hydrogen-bond acceptors (Lipinski definition) is 3. The molecule has 3 rings (SSSR count). The molecule has 0 aliphatic carbocycles. The van der Waals surface area contributed by atoms with Gasteiger partial charge in [0.2, 0.25) is 5.91 Å². The number of carbonyl (C=O) groups is 2.